The van der Waals surface area contributed by atoms with Crippen LogP contribution in [0.1, 0.15) is 11.5 Å². The van der Waals surface area contributed by atoms with Gasteiger partial charge in [0.1, 0.15) is 5.75 Å². The monoisotopic (exact) mass is 349 g/mol. The van der Waals surface area contributed by atoms with Crippen LogP contribution < -0.4 is 10.5 Å². The van der Waals surface area contributed by atoms with Crippen molar-refractivity contribution in [1.82, 2.24) is 10.2 Å². The summed E-state index contributed by atoms with van der Waals surface area (Å²) in [7, 11) is 0. The first-order valence-electron chi connectivity index (χ1n) is 6.24. The number of rotatable bonds is 5. The Morgan fingerprint density at radius 1 is 1.14 bits per heavy atom. The smallest absolute Gasteiger partial charge is 0.283 e. The van der Waals surface area contributed by atoms with Gasteiger partial charge >= 0.3 is 0 Å². The van der Waals surface area contributed by atoms with E-state index < -0.39 is 0 Å². The van der Waals surface area contributed by atoms with Gasteiger partial charge in [0.25, 0.3) is 11.8 Å². The summed E-state index contributed by atoms with van der Waals surface area (Å²) in [5, 5.41) is 7.83. The minimum atomic E-state index is 0.183. The maximum atomic E-state index is 5.60. The van der Waals surface area contributed by atoms with Crippen LogP contribution in [0.15, 0.2) is 49.9 Å². The molecule has 3 rings (SSSR count). The molecule has 0 aliphatic rings. The number of hydrogen-bond donors (Lipinski definition) is 1. The van der Waals surface area contributed by atoms with E-state index in [9.17, 15) is 0 Å². The Morgan fingerprint density at radius 2 is 2.05 bits per heavy atom. The second-order valence-electron chi connectivity index (χ2n) is 4.24. The number of nitrogens with zero attached hydrogens (tertiary/aromatic N) is 2. The lowest BCUT2D eigenvalue weighted by atomic mass is 10.2. The number of hydrogen-bond acceptors (Lipinski definition) is 6. The lowest BCUT2D eigenvalue weighted by Crippen LogP contribution is -1.99. The third-order valence-corrected chi connectivity index (χ3v) is 3.17. The molecule has 0 atom stereocenters. The van der Waals surface area contributed by atoms with Crippen LogP contribution in [0.25, 0.3) is 11.7 Å². The van der Waals surface area contributed by atoms with Crippen molar-refractivity contribution in [2.24, 2.45) is 5.73 Å². The second-order valence-corrected chi connectivity index (χ2v) is 5.03. The quantitative estimate of drug-likeness (QED) is 0.761. The number of nitrogens with two attached hydrogens (primary N) is 1. The molecule has 21 heavy (non-hydrogen) atoms. The highest BCUT2D eigenvalue weighted by Gasteiger charge is 2.12. The molecule has 2 aromatic heterocycles. The van der Waals surface area contributed by atoms with E-state index in [1.165, 1.54) is 0 Å². The van der Waals surface area contributed by atoms with Crippen molar-refractivity contribution < 1.29 is 13.6 Å². The van der Waals surface area contributed by atoms with Crippen LogP contribution in [0.5, 0.6) is 5.75 Å². The van der Waals surface area contributed by atoms with Crippen molar-refractivity contribution in [3.05, 3.63) is 52.5 Å². The van der Waals surface area contributed by atoms with Crippen molar-refractivity contribution >= 4 is 15.9 Å². The largest absolute Gasteiger partial charge is 0.484 e. The van der Waals surface area contributed by atoms with E-state index in [-0.39, 0.29) is 6.61 Å². The molecule has 0 amide bonds. The summed E-state index contributed by atoms with van der Waals surface area (Å²) in [4.78, 5) is 0. The molecule has 0 radical (unpaired) electrons. The van der Waals surface area contributed by atoms with E-state index in [1.54, 1.807) is 12.1 Å². The van der Waals surface area contributed by atoms with Crippen LogP contribution in [-0.4, -0.2) is 10.2 Å². The topological polar surface area (TPSA) is 87.3 Å². The lowest BCUT2D eigenvalue weighted by molar-refractivity contribution is 0.263. The van der Waals surface area contributed by atoms with Gasteiger partial charge in [-0.2, -0.15) is 0 Å². The van der Waals surface area contributed by atoms with E-state index in [2.05, 4.69) is 26.1 Å². The zero-order valence-electron chi connectivity index (χ0n) is 11.0. The lowest BCUT2D eigenvalue weighted by Gasteiger charge is -2.04. The Hall–Kier alpha value is -2.12. The molecule has 2 heterocycles. The van der Waals surface area contributed by atoms with Crippen molar-refractivity contribution in [3.8, 4) is 17.4 Å². The number of aromatic nitrogens is 2. The zero-order valence-corrected chi connectivity index (χ0v) is 12.5. The molecule has 0 saturated carbocycles. The van der Waals surface area contributed by atoms with Crippen molar-refractivity contribution in [3.63, 3.8) is 0 Å². The third kappa shape index (κ3) is 3.32. The molecule has 7 heteroatoms. The first-order valence-corrected chi connectivity index (χ1v) is 7.04. The van der Waals surface area contributed by atoms with Gasteiger partial charge in [0.05, 0.1) is 0 Å². The Labute approximate surface area is 129 Å². The van der Waals surface area contributed by atoms with Crippen LogP contribution in [0, 0.1) is 0 Å². The minimum Gasteiger partial charge on any atom is -0.484 e. The third-order valence-electron chi connectivity index (χ3n) is 2.75. The Bertz CT molecular complexity index is 738. The molecule has 0 fully saturated rings. The SMILES string of the molecule is NCc1cccc(OCc2nnc(-c3ccc(Br)o3)o2)c1. The highest BCUT2D eigenvalue weighted by molar-refractivity contribution is 9.10. The summed E-state index contributed by atoms with van der Waals surface area (Å²) in [6.45, 7) is 0.651. The van der Waals surface area contributed by atoms with Crippen LogP contribution in [0.3, 0.4) is 0 Å². The van der Waals surface area contributed by atoms with Gasteiger partial charge in [0.2, 0.25) is 0 Å². The number of furan rings is 1. The van der Waals surface area contributed by atoms with Gasteiger partial charge in [-0.1, -0.05) is 12.1 Å². The van der Waals surface area contributed by atoms with Gasteiger partial charge in [-0.15, -0.1) is 10.2 Å². The highest BCUT2D eigenvalue weighted by atomic mass is 79.9. The first-order chi connectivity index (χ1) is 10.2. The summed E-state index contributed by atoms with van der Waals surface area (Å²) < 4.78 is 17.0. The molecule has 0 saturated heterocycles. The van der Waals surface area contributed by atoms with Crippen molar-refractivity contribution in [1.29, 1.82) is 0 Å². The summed E-state index contributed by atoms with van der Waals surface area (Å²) >= 11 is 3.22. The van der Waals surface area contributed by atoms with E-state index in [0.29, 0.717) is 34.5 Å². The Morgan fingerprint density at radius 3 is 2.81 bits per heavy atom. The molecular weight excluding hydrogens is 338 g/mol. The van der Waals surface area contributed by atoms with Crippen LogP contribution >= 0.6 is 15.9 Å². The number of benzene rings is 1. The van der Waals surface area contributed by atoms with E-state index >= 15 is 0 Å². The van der Waals surface area contributed by atoms with Gasteiger partial charge < -0.3 is 19.3 Å². The van der Waals surface area contributed by atoms with Crippen LogP contribution in [0.2, 0.25) is 0 Å². The van der Waals surface area contributed by atoms with Crippen molar-refractivity contribution in [2.45, 2.75) is 13.2 Å². The van der Waals surface area contributed by atoms with Gasteiger partial charge in [-0.05, 0) is 45.8 Å². The first kappa shape index (κ1) is 13.8. The molecule has 2 N–H and O–H groups in total. The second kappa shape index (κ2) is 6.11. The molecule has 1 aromatic carbocycles. The molecule has 0 unspecified atom stereocenters. The number of ether oxygens (including phenoxy) is 1. The molecule has 0 aliphatic heterocycles. The average molecular weight is 350 g/mol. The van der Waals surface area contributed by atoms with E-state index in [1.807, 2.05) is 24.3 Å². The summed E-state index contributed by atoms with van der Waals surface area (Å²) in [6, 6.07) is 11.0. The fourth-order valence-electron chi connectivity index (χ4n) is 1.75. The molecule has 6 nitrogen and oxygen atoms in total. The summed E-state index contributed by atoms with van der Waals surface area (Å²) in [5.41, 5.74) is 6.58. The summed E-state index contributed by atoms with van der Waals surface area (Å²) in [6.07, 6.45) is 0. The maximum Gasteiger partial charge on any atom is 0.283 e. The average Bonchev–Trinajstić information content (AvgIpc) is 3.14. The maximum absolute atomic E-state index is 5.60. The highest BCUT2D eigenvalue weighted by Crippen LogP contribution is 2.24. The molecule has 108 valence electrons. The van der Waals surface area contributed by atoms with Crippen LogP contribution in [0.4, 0.5) is 0 Å². The van der Waals surface area contributed by atoms with Gasteiger partial charge in [-0.25, -0.2) is 0 Å². The zero-order chi connectivity index (χ0) is 14.7. The van der Waals surface area contributed by atoms with Crippen molar-refractivity contribution in [2.75, 3.05) is 0 Å². The number of halogens is 1. The normalized spacial score (nSPS) is 10.8. The molecule has 0 spiro atoms. The Kier molecular flexibility index (Phi) is 4.03. The molecule has 0 bridgehead atoms. The van der Waals surface area contributed by atoms with Gasteiger partial charge in [0, 0.05) is 6.54 Å². The predicted molar refractivity (Wildman–Crippen MR) is 78.4 cm³/mol. The minimum absolute atomic E-state index is 0.183. The molecule has 0 aliphatic carbocycles. The standard InChI is InChI=1S/C14H12BrN3O3/c15-12-5-4-11(20-12)14-18-17-13(21-14)8-19-10-3-1-2-9(6-10)7-16/h1-6H,7-8,16H2. The fourth-order valence-corrected chi connectivity index (χ4v) is 2.05. The Balaban J connectivity index is 1.67. The van der Waals surface area contributed by atoms with E-state index in [4.69, 9.17) is 19.3 Å². The van der Waals surface area contributed by atoms with E-state index in [0.717, 1.165) is 5.56 Å². The fraction of sp³-hybridized carbons (Fsp3) is 0.143. The summed E-state index contributed by atoms with van der Waals surface area (Å²) in [5.74, 6) is 1.90. The molecular formula is C14H12BrN3O3. The van der Waals surface area contributed by atoms with Crippen LogP contribution in [-0.2, 0) is 13.2 Å². The predicted octanol–water partition coefficient (Wildman–Crippen LogP) is 3.13. The van der Waals surface area contributed by atoms with Gasteiger partial charge in [-0.3, -0.25) is 0 Å². The molecule has 3 aromatic rings. The van der Waals surface area contributed by atoms with Gasteiger partial charge in [0.15, 0.2) is 17.0 Å².